The number of halogens is 2. The number of benzene rings is 2. The number of ketones is 1. The highest BCUT2D eigenvalue weighted by Gasteiger charge is 2.47. The van der Waals surface area contributed by atoms with E-state index in [1.165, 1.54) is 25.4 Å². The first kappa shape index (κ1) is 27.1. The summed E-state index contributed by atoms with van der Waals surface area (Å²) >= 11 is 3.57. The maximum atomic E-state index is 14.6. The van der Waals surface area contributed by atoms with Gasteiger partial charge in [-0.25, -0.2) is 19.2 Å². The average Bonchev–Trinajstić information content (AvgIpc) is 3.50. The van der Waals surface area contributed by atoms with Gasteiger partial charge in [-0.3, -0.25) is 4.79 Å². The highest BCUT2D eigenvalue weighted by atomic mass is 79.9. The maximum Gasteiger partial charge on any atom is 0.410 e. The van der Waals surface area contributed by atoms with Gasteiger partial charge in [-0.1, -0.05) is 28.1 Å². The van der Waals surface area contributed by atoms with Crippen LogP contribution in [-0.2, 0) is 11.2 Å². The molecule has 2 aliphatic heterocycles. The Kier molecular flexibility index (Phi) is 7.33. The van der Waals surface area contributed by atoms with E-state index in [4.69, 9.17) is 9.47 Å². The Morgan fingerprint density at radius 2 is 1.92 bits per heavy atom. The zero-order chi connectivity index (χ0) is 27.9. The third-order valence-corrected chi connectivity index (χ3v) is 7.43. The van der Waals surface area contributed by atoms with Crippen molar-refractivity contribution in [2.24, 2.45) is 0 Å². The number of fused-ring (bicyclic) bond motifs is 2. The SMILES string of the molecule is COc1cccc(F)c1-c1nccc(C(=O)Cc2ccc(Br)cc2N2C[C@@H]3C[C@H]2CN3C(=O)OC(C)(C)C)n1. The van der Waals surface area contributed by atoms with Crippen LogP contribution in [0.25, 0.3) is 11.4 Å². The van der Waals surface area contributed by atoms with E-state index in [9.17, 15) is 14.0 Å². The lowest BCUT2D eigenvalue weighted by Gasteiger charge is -2.37. The number of nitrogens with zero attached hydrogens (tertiary/aromatic N) is 4. The highest BCUT2D eigenvalue weighted by molar-refractivity contribution is 9.10. The second-order valence-corrected chi connectivity index (χ2v) is 11.7. The fraction of sp³-hybridized carbons (Fsp3) is 0.379. The summed E-state index contributed by atoms with van der Waals surface area (Å²) in [6.45, 7) is 6.82. The van der Waals surface area contributed by atoms with Gasteiger partial charge in [0.15, 0.2) is 11.6 Å². The number of rotatable bonds is 6. The van der Waals surface area contributed by atoms with Gasteiger partial charge in [0, 0.05) is 41.9 Å². The molecule has 5 rings (SSSR count). The van der Waals surface area contributed by atoms with Crippen molar-refractivity contribution in [2.45, 2.75) is 51.3 Å². The minimum absolute atomic E-state index is 0.0487. The number of ether oxygens (including phenoxy) is 2. The molecule has 2 atom stereocenters. The lowest BCUT2D eigenvalue weighted by Crippen LogP contribution is -2.50. The third-order valence-electron chi connectivity index (χ3n) is 6.94. The van der Waals surface area contributed by atoms with Gasteiger partial charge in [0.25, 0.3) is 0 Å². The molecule has 0 unspecified atom stereocenters. The van der Waals surface area contributed by atoms with Crippen LogP contribution < -0.4 is 9.64 Å². The molecule has 204 valence electrons. The number of carbonyl (C=O) groups excluding carboxylic acids is 2. The van der Waals surface area contributed by atoms with Crippen LogP contribution in [0.4, 0.5) is 14.9 Å². The van der Waals surface area contributed by atoms with Gasteiger partial charge in [0.05, 0.1) is 18.7 Å². The van der Waals surface area contributed by atoms with Crippen molar-refractivity contribution in [3.63, 3.8) is 0 Å². The number of anilines is 1. The Hall–Kier alpha value is -3.53. The molecule has 0 saturated carbocycles. The summed E-state index contributed by atoms with van der Waals surface area (Å²) in [5.41, 5.74) is 1.55. The molecule has 10 heteroatoms. The molecule has 2 fully saturated rings. The van der Waals surface area contributed by atoms with E-state index >= 15 is 0 Å². The summed E-state index contributed by atoms with van der Waals surface area (Å²) in [5.74, 6) is -0.360. The van der Waals surface area contributed by atoms with E-state index in [0.717, 1.165) is 22.1 Å². The van der Waals surface area contributed by atoms with Crippen molar-refractivity contribution in [1.82, 2.24) is 14.9 Å². The molecular formula is C29H30BrFN4O4. The normalized spacial score (nSPS) is 18.4. The molecule has 0 radical (unpaired) electrons. The van der Waals surface area contributed by atoms with Gasteiger partial charge in [0.2, 0.25) is 0 Å². The molecular weight excluding hydrogens is 567 g/mol. The van der Waals surface area contributed by atoms with Crippen molar-refractivity contribution in [2.75, 3.05) is 25.1 Å². The van der Waals surface area contributed by atoms with Crippen molar-refractivity contribution in [3.05, 3.63) is 70.2 Å². The first-order chi connectivity index (χ1) is 18.5. The van der Waals surface area contributed by atoms with Gasteiger partial charge in [-0.2, -0.15) is 0 Å². The lowest BCUT2D eigenvalue weighted by atomic mass is 10.0. The van der Waals surface area contributed by atoms with E-state index < -0.39 is 11.4 Å². The molecule has 1 aromatic heterocycles. The Bertz CT molecular complexity index is 1430. The highest BCUT2D eigenvalue weighted by Crippen LogP contribution is 2.38. The summed E-state index contributed by atoms with van der Waals surface area (Å²) in [4.78, 5) is 38.8. The fourth-order valence-corrected chi connectivity index (χ4v) is 5.60. The number of aromatic nitrogens is 2. The second kappa shape index (κ2) is 10.6. The standard InChI is InChI=1S/C29H30BrFN4O4/c1-29(2,3)39-28(37)35-16-19-14-20(35)15-34(19)23-13-18(30)9-8-17(23)12-24(36)22-10-11-32-27(33-22)26-21(31)6-5-7-25(26)38-4/h5-11,13,19-20H,12,14-16H2,1-4H3/t19-,20-/m0/s1. The molecule has 2 aromatic carbocycles. The van der Waals surface area contributed by atoms with Crippen LogP contribution in [0.3, 0.4) is 0 Å². The van der Waals surface area contributed by atoms with Crippen LogP contribution >= 0.6 is 15.9 Å². The summed E-state index contributed by atoms with van der Waals surface area (Å²) in [7, 11) is 1.44. The van der Waals surface area contributed by atoms with E-state index in [0.29, 0.717) is 18.8 Å². The minimum atomic E-state index is -0.547. The topological polar surface area (TPSA) is 84.9 Å². The molecule has 3 heterocycles. The van der Waals surface area contributed by atoms with Crippen LogP contribution in [0.1, 0.15) is 43.2 Å². The van der Waals surface area contributed by atoms with Crippen molar-refractivity contribution >= 4 is 33.5 Å². The van der Waals surface area contributed by atoms with Gasteiger partial charge >= 0.3 is 6.09 Å². The molecule has 39 heavy (non-hydrogen) atoms. The number of carbonyl (C=O) groups is 2. The van der Waals surface area contributed by atoms with Crippen LogP contribution in [0.15, 0.2) is 53.1 Å². The molecule has 0 N–H and O–H groups in total. The quantitative estimate of drug-likeness (QED) is 0.338. The summed E-state index contributed by atoms with van der Waals surface area (Å²) < 4.78 is 26.4. The molecule has 3 aromatic rings. The van der Waals surface area contributed by atoms with E-state index in [1.54, 1.807) is 12.1 Å². The molecule has 0 aliphatic carbocycles. The number of amides is 1. The van der Waals surface area contributed by atoms with Crippen molar-refractivity contribution in [3.8, 4) is 17.1 Å². The maximum absolute atomic E-state index is 14.6. The summed E-state index contributed by atoms with van der Waals surface area (Å²) in [6, 6.07) is 12.0. The molecule has 1 amide bonds. The van der Waals surface area contributed by atoms with Gasteiger partial charge < -0.3 is 19.3 Å². The van der Waals surface area contributed by atoms with Crippen LogP contribution in [0, 0.1) is 5.82 Å². The minimum Gasteiger partial charge on any atom is -0.496 e. The third kappa shape index (κ3) is 5.61. The fourth-order valence-electron chi connectivity index (χ4n) is 5.25. The zero-order valence-corrected chi connectivity index (χ0v) is 23.9. The average molecular weight is 597 g/mol. The zero-order valence-electron chi connectivity index (χ0n) is 22.3. The first-order valence-electron chi connectivity index (χ1n) is 12.8. The number of piperazine rings is 1. The second-order valence-electron chi connectivity index (χ2n) is 10.8. The Morgan fingerprint density at radius 3 is 2.62 bits per heavy atom. The molecule has 2 aliphatic rings. The smallest absolute Gasteiger partial charge is 0.410 e. The molecule has 2 bridgehead atoms. The van der Waals surface area contributed by atoms with Crippen molar-refractivity contribution < 1.29 is 23.5 Å². The number of hydrogen-bond donors (Lipinski definition) is 0. The van der Waals surface area contributed by atoms with Crippen LogP contribution in [0.2, 0.25) is 0 Å². The number of methoxy groups -OCH3 is 1. The van der Waals surface area contributed by atoms with E-state index in [2.05, 4.69) is 30.8 Å². The van der Waals surface area contributed by atoms with E-state index in [-0.39, 0.29) is 47.5 Å². The van der Waals surface area contributed by atoms with Gasteiger partial charge in [-0.15, -0.1) is 0 Å². The molecule has 2 saturated heterocycles. The Balaban J connectivity index is 1.36. The van der Waals surface area contributed by atoms with Crippen LogP contribution in [-0.4, -0.2) is 64.6 Å². The summed E-state index contributed by atoms with van der Waals surface area (Å²) in [6.07, 6.45) is 2.12. The molecule has 0 spiro atoms. The number of likely N-dealkylation sites (tertiary alicyclic amines) is 1. The first-order valence-corrected chi connectivity index (χ1v) is 13.6. The Morgan fingerprint density at radius 1 is 1.13 bits per heavy atom. The lowest BCUT2D eigenvalue weighted by molar-refractivity contribution is 0.0214. The molecule has 8 nitrogen and oxygen atoms in total. The predicted octanol–water partition coefficient (Wildman–Crippen LogP) is 5.68. The van der Waals surface area contributed by atoms with Crippen molar-refractivity contribution in [1.29, 1.82) is 0 Å². The number of hydrogen-bond acceptors (Lipinski definition) is 7. The van der Waals surface area contributed by atoms with Gasteiger partial charge in [-0.05, 0) is 63.1 Å². The predicted molar refractivity (Wildman–Crippen MR) is 149 cm³/mol. The Labute approximate surface area is 235 Å². The largest absolute Gasteiger partial charge is 0.496 e. The van der Waals surface area contributed by atoms with E-state index in [1.807, 2.05) is 43.9 Å². The summed E-state index contributed by atoms with van der Waals surface area (Å²) in [5, 5.41) is 0. The number of Topliss-reactive ketones (excluding diaryl/α,β-unsaturated/α-hetero) is 1. The van der Waals surface area contributed by atoms with Crippen LogP contribution in [0.5, 0.6) is 5.75 Å². The van der Waals surface area contributed by atoms with Gasteiger partial charge in [0.1, 0.15) is 22.9 Å². The monoisotopic (exact) mass is 596 g/mol.